The van der Waals surface area contributed by atoms with Crippen LogP contribution >= 0.6 is 11.8 Å². The molecule has 2 heterocycles. The van der Waals surface area contributed by atoms with Crippen molar-refractivity contribution < 1.29 is 8.60 Å². The number of aryl methyl sites for hydroxylation is 1. The summed E-state index contributed by atoms with van der Waals surface area (Å²) in [7, 11) is -1.20. The van der Waals surface area contributed by atoms with Crippen LogP contribution in [0.4, 0.5) is 21.5 Å². The van der Waals surface area contributed by atoms with Gasteiger partial charge in [0.25, 0.3) is 5.56 Å². The molecule has 1 aromatic heterocycles. The van der Waals surface area contributed by atoms with Gasteiger partial charge in [-0.15, -0.1) is 11.8 Å². The number of hydrogen-bond acceptors (Lipinski definition) is 4. The monoisotopic (exact) mass is 379 g/mol. The Morgan fingerprint density at radius 3 is 2.80 bits per heavy atom. The number of rotatable bonds is 5. The van der Waals surface area contributed by atoms with Crippen LogP contribution in [0.25, 0.3) is 0 Å². The van der Waals surface area contributed by atoms with Crippen LogP contribution in [0.1, 0.15) is 18.4 Å². The molecule has 1 aliphatic carbocycles. The zero-order valence-corrected chi connectivity index (χ0v) is 15.3. The van der Waals surface area contributed by atoms with Crippen molar-refractivity contribution in [2.24, 2.45) is 0 Å². The van der Waals surface area contributed by atoms with E-state index < -0.39 is 11.0 Å². The van der Waals surface area contributed by atoms with Crippen LogP contribution in [-0.4, -0.2) is 19.8 Å². The zero-order chi connectivity index (χ0) is 17.6. The van der Waals surface area contributed by atoms with Crippen molar-refractivity contribution >= 4 is 39.8 Å². The zero-order valence-electron chi connectivity index (χ0n) is 13.7. The molecule has 1 unspecified atom stereocenters. The SMILES string of the molecule is Cc1ccc(Nc2cc(=O)n3c(c2NS(=O)C2CC2)SCC3)c(F)c1. The highest BCUT2D eigenvalue weighted by Crippen LogP contribution is 2.39. The van der Waals surface area contributed by atoms with E-state index in [1.165, 1.54) is 12.1 Å². The first-order valence-corrected chi connectivity index (χ1v) is 10.3. The Balaban J connectivity index is 1.76. The van der Waals surface area contributed by atoms with E-state index in [2.05, 4.69) is 10.0 Å². The van der Waals surface area contributed by atoms with Gasteiger partial charge in [0, 0.05) is 18.4 Å². The van der Waals surface area contributed by atoms with Gasteiger partial charge in [-0.25, -0.2) is 8.60 Å². The topological polar surface area (TPSA) is 63.1 Å². The van der Waals surface area contributed by atoms with E-state index in [1.807, 2.05) is 6.92 Å². The van der Waals surface area contributed by atoms with Gasteiger partial charge in [-0.2, -0.15) is 0 Å². The van der Waals surface area contributed by atoms with E-state index in [-0.39, 0.29) is 16.6 Å². The highest BCUT2D eigenvalue weighted by molar-refractivity contribution is 7.99. The van der Waals surface area contributed by atoms with Crippen LogP contribution in [0.3, 0.4) is 0 Å². The molecule has 4 rings (SSSR count). The molecule has 8 heteroatoms. The molecule has 1 aliphatic heterocycles. The second kappa shape index (κ2) is 6.49. The predicted octanol–water partition coefficient (Wildman–Crippen LogP) is 3.38. The summed E-state index contributed by atoms with van der Waals surface area (Å²) in [5, 5.41) is 3.92. The quantitative estimate of drug-likeness (QED) is 0.836. The van der Waals surface area contributed by atoms with Gasteiger partial charge in [-0.1, -0.05) is 6.07 Å². The van der Waals surface area contributed by atoms with Crippen molar-refractivity contribution in [3.8, 4) is 0 Å². The standard InChI is InChI=1S/C17H18FN3O2S2/c1-10-2-5-13(12(18)8-10)19-14-9-15(22)21-6-7-24-17(21)16(14)20-25(23)11-3-4-11/h2,5,8-9,11,19-20H,3-4,6-7H2,1H3. The lowest BCUT2D eigenvalue weighted by Gasteiger charge is -2.17. The van der Waals surface area contributed by atoms with Crippen LogP contribution in [0.15, 0.2) is 34.1 Å². The summed E-state index contributed by atoms with van der Waals surface area (Å²) in [4.78, 5) is 12.4. The van der Waals surface area contributed by atoms with Gasteiger partial charge in [0.2, 0.25) is 0 Å². The van der Waals surface area contributed by atoms with Crippen LogP contribution in [0.5, 0.6) is 0 Å². The van der Waals surface area contributed by atoms with Crippen LogP contribution < -0.4 is 15.6 Å². The lowest BCUT2D eigenvalue weighted by Crippen LogP contribution is -2.22. The molecule has 132 valence electrons. The van der Waals surface area contributed by atoms with Gasteiger partial charge in [0.15, 0.2) is 0 Å². The molecule has 1 saturated carbocycles. The first kappa shape index (κ1) is 16.7. The molecule has 0 saturated heterocycles. The summed E-state index contributed by atoms with van der Waals surface area (Å²) >= 11 is 1.55. The average Bonchev–Trinajstić information content (AvgIpc) is 3.30. The fraction of sp³-hybridized carbons (Fsp3) is 0.353. The summed E-state index contributed by atoms with van der Waals surface area (Å²) in [5.41, 5.74) is 2.05. The summed E-state index contributed by atoms with van der Waals surface area (Å²) in [6.07, 6.45) is 1.88. The summed E-state index contributed by atoms with van der Waals surface area (Å²) in [6, 6.07) is 6.33. The Morgan fingerprint density at radius 2 is 2.08 bits per heavy atom. The Hall–Kier alpha value is -1.80. The molecule has 1 aromatic carbocycles. The van der Waals surface area contributed by atoms with Crippen molar-refractivity contribution in [2.45, 2.75) is 36.6 Å². The first-order chi connectivity index (χ1) is 12.0. The summed E-state index contributed by atoms with van der Waals surface area (Å²) in [6.45, 7) is 2.44. The van der Waals surface area contributed by atoms with E-state index >= 15 is 0 Å². The first-order valence-electron chi connectivity index (χ1n) is 8.14. The molecule has 0 bridgehead atoms. The number of aromatic nitrogens is 1. The van der Waals surface area contributed by atoms with Crippen molar-refractivity contribution in [3.63, 3.8) is 0 Å². The molecule has 1 atom stereocenters. The predicted molar refractivity (Wildman–Crippen MR) is 101 cm³/mol. The largest absolute Gasteiger partial charge is 0.351 e. The number of halogens is 1. The van der Waals surface area contributed by atoms with Crippen molar-refractivity contribution in [3.05, 3.63) is 46.0 Å². The minimum Gasteiger partial charge on any atom is -0.351 e. The number of thioether (sulfide) groups is 1. The average molecular weight is 379 g/mol. The molecule has 0 radical (unpaired) electrons. The molecule has 0 amide bonds. The van der Waals surface area contributed by atoms with E-state index in [1.54, 1.807) is 28.5 Å². The summed E-state index contributed by atoms with van der Waals surface area (Å²) < 4.78 is 31.3. The fourth-order valence-electron chi connectivity index (χ4n) is 2.75. The smallest absolute Gasteiger partial charge is 0.253 e. The van der Waals surface area contributed by atoms with Gasteiger partial charge >= 0.3 is 0 Å². The maximum absolute atomic E-state index is 14.2. The molecule has 2 N–H and O–H groups in total. The highest BCUT2D eigenvalue weighted by atomic mass is 32.2. The third-order valence-electron chi connectivity index (χ3n) is 4.24. The fourth-order valence-corrected chi connectivity index (χ4v) is 5.06. The van der Waals surface area contributed by atoms with Crippen LogP contribution in [-0.2, 0) is 17.5 Å². The van der Waals surface area contributed by atoms with E-state index in [4.69, 9.17) is 0 Å². The Morgan fingerprint density at radius 1 is 1.28 bits per heavy atom. The highest BCUT2D eigenvalue weighted by Gasteiger charge is 2.31. The molecular weight excluding hydrogens is 361 g/mol. The van der Waals surface area contributed by atoms with Gasteiger partial charge in [-0.05, 0) is 37.5 Å². The number of nitrogens with zero attached hydrogens (tertiary/aromatic N) is 1. The normalized spacial score (nSPS) is 17.2. The van der Waals surface area contributed by atoms with Gasteiger partial charge < -0.3 is 14.6 Å². The summed E-state index contributed by atoms with van der Waals surface area (Å²) in [5.74, 6) is 0.407. The number of pyridine rings is 1. The maximum atomic E-state index is 14.2. The molecule has 0 spiro atoms. The Kier molecular flexibility index (Phi) is 4.33. The lowest BCUT2D eigenvalue weighted by molar-refractivity contribution is 0.630. The minimum atomic E-state index is -1.20. The lowest BCUT2D eigenvalue weighted by atomic mass is 10.2. The molecule has 1 fully saturated rings. The number of anilines is 3. The van der Waals surface area contributed by atoms with E-state index in [0.29, 0.717) is 23.6 Å². The maximum Gasteiger partial charge on any atom is 0.253 e. The number of hydrogen-bond donors (Lipinski definition) is 2. The molecule has 5 nitrogen and oxygen atoms in total. The van der Waals surface area contributed by atoms with Crippen LogP contribution in [0.2, 0.25) is 0 Å². The molecule has 25 heavy (non-hydrogen) atoms. The van der Waals surface area contributed by atoms with Gasteiger partial charge in [0.1, 0.15) is 27.5 Å². The van der Waals surface area contributed by atoms with E-state index in [0.717, 1.165) is 29.2 Å². The second-order valence-corrected chi connectivity index (χ2v) is 8.83. The number of fused-ring (bicyclic) bond motifs is 1. The molecule has 2 aromatic rings. The Labute approximate surface area is 151 Å². The number of nitrogens with one attached hydrogen (secondary N) is 2. The third-order valence-corrected chi connectivity index (χ3v) is 6.81. The van der Waals surface area contributed by atoms with Crippen molar-refractivity contribution in [1.29, 1.82) is 0 Å². The third kappa shape index (κ3) is 3.32. The molecule has 2 aliphatic rings. The van der Waals surface area contributed by atoms with Crippen LogP contribution in [0, 0.1) is 12.7 Å². The minimum absolute atomic E-state index is 0.141. The van der Waals surface area contributed by atoms with Crippen molar-refractivity contribution in [1.82, 2.24) is 4.57 Å². The second-order valence-electron chi connectivity index (χ2n) is 6.28. The van der Waals surface area contributed by atoms with Gasteiger partial charge in [0.05, 0.1) is 16.6 Å². The number of benzene rings is 1. The van der Waals surface area contributed by atoms with Crippen molar-refractivity contribution in [2.75, 3.05) is 15.8 Å². The van der Waals surface area contributed by atoms with Gasteiger partial charge in [-0.3, -0.25) is 4.79 Å². The van der Waals surface area contributed by atoms with E-state index in [9.17, 15) is 13.4 Å². The Bertz CT molecular complexity index is 925. The molecular formula is C17H18FN3O2S2.